The van der Waals surface area contributed by atoms with Crippen LogP contribution in [0.1, 0.15) is 32.8 Å². The Morgan fingerprint density at radius 1 is 0.935 bits per heavy atom. The maximum absolute atomic E-state index is 12.7. The van der Waals surface area contributed by atoms with Crippen molar-refractivity contribution in [1.29, 1.82) is 0 Å². The van der Waals surface area contributed by atoms with Gasteiger partial charge in [-0.25, -0.2) is 0 Å². The second-order valence-corrected chi connectivity index (χ2v) is 7.00. The molecule has 0 aliphatic rings. The highest BCUT2D eigenvalue weighted by atomic mass is 19.3. The lowest BCUT2D eigenvalue weighted by Crippen LogP contribution is -2.27. The van der Waals surface area contributed by atoms with E-state index in [-0.39, 0.29) is 0 Å². The highest BCUT2D eigenvalue weighted by Gasteiger charge is 2.29. The number of hydrogen-bond acceptors (Lipinski definition) is 3. The Kier molecular flexibility index (Phi) is 8.70. The van der Waals surface area contributed by atoms with Crippen molar-refractivity contribution in [3.63, 3.8) is 0 Å². The molecule has 3 aromatic carbocycles. The third kappa shape index (κ3) is 7.50. The molecule has 0 saturated heterocycles. The summed E-state index contributed by atoms with van der Waals surface area (Å²) in [5.74, 6) is 0.676. The molecule has 6 heteroatoms. The lowest BCUT2D eigenvalue weighted by atomic mass is 9.91. The van der Waals surface area contributed by atoms with Crippen LogP contribution >= 0.6 is 0 Å². The molecule has 1 atom stereocenters. The van der Waals surface area contributed by atoms with Gasteiger partial charge in [0.25, 0.3) is 5.97 Å². The lowest BCUT2D eigenvalue weighted by molar-refractivity contribution is -0.208. The number of ether oxygens (including phenoxy) is 2. The second-order valence-electron chi connectivity index (χ2n) is 7.00. The Balaban J connectivity index is 0.000000785. The van der Waals surface area contributed by atoms with E-state index < -0.39 is 18.2 Å². The van der Waals surface area contributed by atoms with Gasteiger partial charge in [-0.15, -0.1) is 0 Å². The quantitative estimate of drug-likeness (QED) is 0.436. The van der Waals surface area contributed by atoms with Gasteiger partial charge in [-0.05, 0) is 54.3 Å². The first-order valence-corrected chi connectivity index (χ1v) is 9.83. The van der Waals surface area contributed by atoms with E-state index >= 15 is 0 Å². The summed E-state index contributed by atoms with van der Waals surface area (Å²) in [6.45, 7) is 1.80. The molecule has 3 aromatic rings. The van der Waals surface area contributed by atoms with E-state index in [1.807, 2.05) is 85.8 Å². The number of hydrogen-bond donors (Lipinski definition) is 1. The van der Waals surface area contributed by atoms with Gasteiger partial charge in [-0.2, -0.15) is 8.78 Å². The Labute approximate surface area is 181 Å². The van der Waals surface area contributed by atoms with E-state index in [4.69, 9.17) is 19.4 Å². The van der Waals surface area contributed by atoms with Gasteiger partial charge in [-0.3, -0.25) is 4.79 Å². The minimum absolute atomic E-state index is 0.455. The summed E-state index contributed by atoms with van der Waals surface area (Å²) >= 11 is 0. The van der Waals surface area contributed by atoms with E-state index in [0.29, 0.717) is 6.42 Å². The van der Waals surface area contributed by atoms with Gasteiger partial charge >= 0.3 is 6.61 Å². The van der Waals surface area contributed by atoms with Gasteiger partial charge in [0.15, 0.2) is 0 Å². The van der Waals surface area contributed by atoms with Gasteiger partial charge in [0.05, 0.1) is 5.60 Å². The topological polar surface area (TPSA) is 55.8 Å². The number of carbonyl (C=O) groups is 1. The number of benzene rings is 3. The molecule has 4 nitrogen and oxygen atoms in total. The molecule has 0 fully saturated rings. The summed E-state index contributed by atoms with van der Waals surface area (Å²) in [6.07, 6.45) is 0.455. The molecule has 0 saturated carbocycles. The Morgan fingerprint density at radius 2 is 1.52 bits per heavy atom. The number of para-hydroxylation sites is 1. The summed E-state index contributed by atoms with van der Waals surface area (Å²) in [5, 5.41) is 7.42. The predicted octanol–water partition coefficient (Wildman–Crippen LogP) is 7.10. The molecule has 3 rings (SSSR count). The molecule has 0 aromatic heterocycles. The SMILES string of the molecule is CC(=O)O.CCC(C)(OC(F)F)c1ccc(-c2cccc(Oc3ccccc3)c2)cc1. The van der Waals surface area contributed by atoms with E-state index in [9.17, 15) is 8.78 Å². The van der Waals surface area contributed by atoms with Gasteiger partial charge in [0, 0.05) is 6.92 Å². The van der Waals surface area contributed by atoms with Crippen molar-refractivity contribution in [2.75, 3.05) is 0 Å². The van der Waals surface area contributed by atoms with E-state index in [1.54, 1.807) is 6.92 Å². The van der Waals surface area contributed by atoms with E-state index in [0.717, 1.165) is 35.1 Å². The first kappa shape index (κ1) is 24.0. The van der Waals surface area contributed by atoms with Gasteiger partial charge < -0.3 is 14.6 Å². The zero-order valence-electron chi connectivity index (χ0n) is 17.7. The normalized spacial score (nSPS) is 12.5. The van der Waals surface area contributed by atoms with Crippen molar-refractivity contribution in [2.45, 2.75) is 39.4 Å². The number of aliphatic carboxylic acids is 1. The minimum Gasteiger partial charge on any atom is -0.481 e. The molecule has 1 N–H and O–H groups in total. The predicted molar refractivity (Wildman–Crippen MR) is 116 cm³/mol. The zero-order chi connectivity index (χ0) is 22.9. The van der Waals surface area contributed by atoms with Crippen LogP contribution < -0.4 is 4.74 Å². The number of alkyl halides is 2. The van der Waals surface area contributed by atoms with E-state index in [2.05, 4.69) is 0 Å². The number of carboxylic acids is 1. The summed E-state index contributed by atoms with van der Waals surface area (Å²) in [7, 11) is 0. The molecule has 0 bridgehead atoms. The molecular formula is C25H26F2O4. The molecular weight excluding hydrogens is 402 g/mol. The van der Waals surface area contributed by atoms with Crippen LogP contribution in [-0.4, -0.2) is 17.7 Å². The number of carboxylic acid groups (broad SMARTS) is 1. The Morgan fingerprint density at radius 3 is 2.06 bits per heavy atom. The fourth-order valence-electron chi connectivity index (χ4n) is 2.93. The molecule has 164 valence electrons. The third-order valence-corrected chi connectivity index (χ3v) is 4.67. The minimum atomic E-state index is -2.80. The van der Waals surface area contributed by atoms with Crippen LogP contribution in [0.2, 0.25) is 0 Å². The van der Waals surface area contributed by atoms with Gasteiger partial charge in [0.2, 0.25) is 0 Å². The van der Waals surface area contributed by atoms with Crippen LogP contribution in [0, 0.1) is 0 Å². The molecule has 1 unspecified atom stereocenters. The molecule has 0 aliphatic heterocycles. The number of halogens is 2. The van der Waals surface area contributed by atoms with Crippen LogP contribution in [0.5, 0.6) is 11.5 Å². The van der Waals surface area contributed by atoms with Crippen LogP contribution in [0.3, 0.4) is 0 Å². The van der Waals surface area contributed by atoms with Crippen molar-refractivity contribution in [2.24, 2.45) is 0 Å². The standard InChI is InChI=1S/C23H22F2O2.C2H4O2/c1-3-23(2,27-22(24)25)19-14-12-17(13-15-19)18-8-7-11-21(16-18)26-20-9-5-4-6-10-20;1-2(3)4/h4-16,22H,3H2,1-2H3;1H3,(H,3,4). The maximum Gasteiger partial charge on any atom is 0.346 e. The molecule has 31 heavy (non-hydrogen) atoms. The van der Waals surface area contributed by atoms with Crippen molar-refractivity contribution in [3.8, 4) is 22.6 Å². The van der Waals surface area contributed by atoms with Crippen LogP contribution in [-0.2, 0) is 15.1 Å². The number of rotatable bonds is 7. The summed E-state index contributed by atoms with van der Waals surface area (Å²) in [5.41, 5.74) is 1.69. The van der Waals surface area contributed by atoms with Crippen LogP contribution in [0.4, 0.5) is 8.78 Å². The van der Waals surface area contributed by atoms with Crippen LogP contribution in [0.25, 0.3) is 11.1 Å². The third-order valence-electron chi connectivity index (χ3n) is 4.67. The van der Waals surface area contributed by atoms with Crippen molar-refractivity contribution < 1.29 is 28.2 Å². The average molecular weight is 428 g/mol. The highest BCUT2D eigenvalue weighted by Crippen LogP contribution is 2.33. The fraction of sp³-hybridized carbons (Fsp3) is 0.240. The monoisotopic (exact) mass is 428 g/mol. The summed E-state index contributed by atoms with van der Waals surface area (Å²) in [6, 6.07) is 24.9. The average Bonchev–Trinajstić information content (AvgIpc) is 2.74. The first-order valence-electron chi connectivity index (χ1n) is 9.83. The molecule has 0 amide bonds. The van der Waals surface area contributed by atoms with Gasteiger partial charge in [0.1, 0.15) is 11.5 Å². The smallest absolute Gasteiger partial charge is 0.346 e. The van der Waals surface area contributed by atoms with Crippen molar-refractivity contribution in [1.82, 2.24) is 0 Å². The Bertz CT molecular complexity index is 955. The lowest BCUT2D eigenvalue weighted by Gasteiger charge is -2.28. The summed E-state index contributed by atoms with van der Waals surface area (Å²) in [4.78, 5) is 9.00. The van der Waals surface area contributed by atoms with Crippen LogP contribution in [0.15, 0.2) is 78.9 Å². The molecule has 0 spiro atoms. The summed E-state index contributed by atoms with van der Waals surface area (Å²) < 4.78 is 36.2. The van der Waals surface area contributed by atoms with Crippen molar-refractivity contribution in [3.05, 3.63) is 84.4 Å². The van der Waals surface area contributed by atoms with Crippen molar-refractivity contribution >= 4 is 5.97 Å². The Hall–Kier alpha value is -3.25. The van der Waals surface area contributed by atoms with Gasteiger partial charge in [-0.1, -0.05) is 61.5 Å². The maximum atomic E-state index is 12.7. The zero-order valence-corrected chi connectivity index (χ0v) is 17.7. The highest BCUT2D eigenvalue weighted by molar-refractivity contribution is 5.65. The molecule has 0 aliphatic carbocycles. The fourth-order valence-corrected chi connectivity index (χ4v) is 2.93. The van der Waals surface area contributed by atoms with E-state index in [1.165, 1.54) is 0 Å². The second kappa shape index (κ2) is 11.2. The first-order chi connectivity index (χ1) is 14.7. The largest absolute Gasteiger partial charge is 0.481 e. The molecule has 0 radical (unpaired) electrons. The molecule has 0 heterocycles.